The Kier molecular flexibility index (Phi) is 5.78. The summed E-state index contributed by atoms with van der Waals surface area (Å²) in [5.74, 6) is -1.94. The van der Waals surface area contributed by atoms with Crippen LogP contribution in [0.2, 0.25) is 0 Å². The average molecular weight is 250 g/mol. The fraction of sp³-hybridized carbons (Fsp3) is 1.00. The molecule has 1 aliphatic rings. The molecule has 1 aliphatic heterocycles. The predicted octanol–water partition coefficient (Wildman–Crippen LogP) is -1.01. The molecular weight excluding hydrogens is 228 g/mol. The third-order valence-electron chi connectivity index (χ3n) is 2.89. The Bertz CT molecular complexity index is 224. The minimum atomic E-state index is -1.94. The molecule has 0 bridgehead atoms. The van der Waals surface area contributed by atoms with E-state index in [2.05, 4.69) is 6.92 Å². The summed E-state index contributed by atoms with van der Waals surface area (Å²) in [6, 6.07) is 0. The molecule has 0 aromatic heterocycles. The van der Waals surface area contributed by atoms with Crippen molar-refractivity contribution >= 4 is 0 Å². The fourth-order valence-corrected chi connectivity index (χ4v) is 1.69. The summed E-state index contributed by atoms with van der Waals surface area (Å²) in [6.07, 6.45) is -1.22. The van der Waals surface area contributed by atoms with Crippen LogP contribution >= 0.6 is 0 Å². The van der Waals surface area contributed by atoms with Gasteiger partial charge >= 0.3 is 0 Å². The summed E-state index contributed by atoms with van der Waals surface area (Å²) in [7, 11) is 0. The van der Waals surface area contributed by atoms with E-state index in [-0.39, 0.29) is 13.2 Å². The molecule has 1 rings (SSSR count). The minimum absolute atomic E-state index is 0.221. The predicted molar refractivity (Wildman–Crippen MR) is 59.3 cm³/mol. The summed E-state index contributed by atoms with van der Waals surface area (Å²) in [5.41, 5.74) is 0. The maximum absolute atomic E-state index is 9.92. The molecule has 4 atom stereocenters. The first-order chi connectivity index (χ1) is 8.01. The van der Waals surface area contributed by atoms with Gasteiger partial charge in [0.15, 0.2) is 0 Å². The SMILES string of the molecule is CCCCCOC[C@@]1(O)OC[C@H](O)[C@@H](O)[C@@H]1O. The van der Waals surface area contributed by atoms with Gasteiger partial charge in [0.2, 0.25) is 5.79 Å². The molecule has 0 saturated carbocycles. The Labute approximate surface area is 101 Å². The van der Waals surface area contributed by atoms with Crippen molar-refractivity contribution in [2.24, 2.45) is 0 Å². The van der Waals surface area contributed by atoms with E-state index in [0.29, 0.717) is 6.61 Å². The average Bonchev–Trinajstić information content (AvgIpc) is 2.32. The number of aliphatic hydroxyl groups is 4. The van der Waals surface area contributed by atoms with E-state index in [9.17, 15) is 20.4 Å². The van der Waals surface area contributed by atoms with Gasteiger partial charge in [0.05, 0.1) is 6.61 Å². The number of hydrogen-bond acceptors (Lipinski definition) is 6. The Hall–Kier alpha value is -0.240. The first-order valence-corrected chi connectivity index (χ1v) is 5.99. The molecular formula is C11H22O6. The van der Waals surface area contributed by atoms with Gasteiger partial charge in [0.1, 0.15) is 24.9 Å². The number of ether oxygens (including phenoxy) is 2. The van der Waals surface area contributed by atoms with Gasteiger partial charge in [0.25, 0.3) is 0 Å². The van der Waals surface area contributed by atoms with Crippen LogP contribution in [-0.4, -0.2) is 64.3 Å². The molecule has 0 spiro atoms. The summed E-state index contributed by atoms with van der Waals surface area (Å²) < 4.78 is 10.1. The highest BCUT2D eigenvalue weighted by molar-refractivity contribution is 4.91. The van der Waals surface area contributed by atoms with E-state index in [1.54, 1.807) is 0 Å². The molecule has 17 heavy (non-hydrogen) atoms. The largest absolute Gasteiger partial charge is 0.388 e. The number of aliphatic hydroxyl groups excluding tert-OH is 3. The van der Waals surface area contributed by atoms with Gasteiger partial charge in [-0.2, -0.15) is 0 Å². The van der Waals surface area contributed by atoms with E-state index in [1.165, 1.54) is 0 Å². The highest BCUT2D eigenvalue weighted by Crippen LogP contribution is 2.24. The highest BCUT2D eigenvalue weighted by atomic mass is 16.7. The fourth-order valence-electron chi connectivity index (χ4n) is 1.69. The molecule has 6 heteroatoms. The summed E-state index contributed by atoms with van der Waals surface area (Å²) in [6.45, 7) is 2.08. The Morgan fingerprint density at radius 3 is 2.65 bits per heavy atom. The molecule has 0 aromatic carbocycles. The lowest BCUT2D eigenvalue weighted by Crippen LogP contribution is -2.62. The van der Waals surface area contributed by atoms with Crippen molar-refractivity contribution < 1.29 is 29.9 Å². The first-order valence-electron chi connectivity index (χ1n) is 5.99. The quantitative estimate of drug-likeness (QED) is 0.451. The normalized spacial score (nSPS) is 38.3. The van der Waals surface area contributed by atoms with Crippen LogP contribution in [0.25, 0.3) is 0 Å². The lowest BCUT2D eigenvalue weighted by atomic mass is 9.97. The minimum Gasteiger partial charge on any atom is -0.388 e. The maximum atomic E-state index is 9.92. The zero-order valence-electron chi connectivity index (χ0n) is 10.1. The zero-order valence-corrected chi connectivity index (χ0v) is 10.1. The summed E-state index contributed by atoms with van der Waals surface area (Å²) in [5, 5.41) is 38.2. The van der Waals surface area contributed by atoms with E-state index >= 15 is 0 Å². The molecule has 1 fully saturated rings. The van der Waals surface area contributed by atoms with Crippen LogP contribution in [0.3, 0.4) is 0 Å². The molecule has 1 heterocycles. The van der Waals surface area contributed by atoms with Gasteiger partial charge in [-0.25, -0.2) is 0 Å². The van der Waals surface area contributed by atoms with Crippen molar-refractivity contribution in [1.82, 2.24) is 0 Å². The number of unbranched alkanes of at least 4 members (excludes halogenated alkanes) is 2. The lowest BCUT2D eigenvalue weighted by molar-refractivity contribution is -0.335. The second-order valence-corrected chi connectivity index (χ2v) is 4.42. The standard InChI is InChI=1S/C11H22O6/c1-2-3-4-5-16-7-11(15)10(14)9(13)8(12)6-17-11/h8-10,12-15H,2-7H2,1H3/t8-,9+,10-,11+/m0/s1. The van der Waals surface area contributed by atoms with Gasteiger partial charge in [-0.05, 0) is 6.42 Å². The topological polar surface area (TPSA) is 99.4 Å². The van der Waals surface area contributed by atoms with E-state index in [4.69, 9.17) is 9.47 Å². The summed E-state index contributed by atoms with van der Waals surface area (Å²) >= 11 is 0. The molecule has 0 radical (unpaired) electrons. The van der Waals surface area contributed by atoms with Crippen molar-refractivity contribution in [3.8, 4) is 0 Å². The Morgan fingerprint density at radius 1 is 1.29 bits per heavy atom. The lowest BCUT2D eigenvalue weighted by Gasteiger charge is -2.41. The highest BCUT2D eigenvalue weighted by Gasteiger charge is 2.48. The molecule has 0 unspecified atom stereocenters. The molecule has 102 valence electrons. The van der Waals surface area contributed by atoms with E-state index in [0.717, 1.165) is 19.3 Å². The van der Waals surface area contributed by atoms with E-state index < -0.39 is 24.1 Å². The third kappa shape index (κ3) is 3.87. The van der Waals surface area contributed by atoms with Gasteiger partial charge in [-0.3, -0.25) is 0 Å². The zero-order chi connectivity index (χ0) is 12.9. The van der Waals surface area contributed by atoms with Gasteiger partial charge < -0.3 is 29.9 Å². The maximum Gasteiger partial charge on any atom is 0.219 e. The van der Waals surface area contributed by atoms with Crippen LogP contribution in [0.15, 0.2) is 0 Å². The van der Waals surface area contributed by atoms with Crippen LogP contribution in [-0.2, 0) is 9.47 Å². The molecule has 0 aliphatic carbocycles. The molecule has 0 amide bonds. The Balaban J connectivity index is 2.34. The smallest absolute Gasteiger partial charge is 0.219 e. The molecule has 6 nitrogen and oxygen atoms in total. The van der Waals surface area contributed by atoms with E-state index in [1.807, 2.05) is 0 Å². The molecule has 0 aromatic rings. The van der Waals surface area contributed by atoms with Crippen molar-refractivity contribution in [3.05, 3.63) is 0 Å². The monoisotopic (exact) mass is 250 g/mol. The van der Waals surface area contributed by atoms with Crippen molar-refractivity contribution in [1.29, 1.82) is 0 Å². The molecule has 1 saturated heterocycles. The number of hydrogen-bond donors (Lipinski definition) is 4. The molecule has 4 N–H and O–H groups in total. The number of rotatable bonds is 6. The van der Waals surface area contributed by atoms with Gasteiger partial charge in [0, 0.05) is 6.61 Å². The Morgan fingerprint density at radius 2 is 2.00 bits per heavy atom. The van der Waals surface area contributed by atoms with Crippen molar-refractivity contribution in [3.63, 3.8) is 0 Å². The van der Waals surface area contributed by atoms with Crippen LogP contribution < -0.4 is 0 Å². The van der Waals surface area contributed by atoms with Crippen LogP contribution in [0, 0.1) is 0 Å². The first kappa shape index (κ1) is 14.8. The van der Waals surface area contributed by atoms with Crippen molar-refractivity contribution in [2.45, 2.75) is 50.3 Å². The van der Waals surface area contributed by atoms with Crippen LogP contribution in [0.4, 0.5) is 0 Å². The van der Waals surface area contributed by atoms with Gasteiger partial charge in [-0.15, -0.1) is 0 Å². The summed E-state index contributed by atoms with van der Waals surface area (Å²) in [4.78, 5) is 0. The van der Waals surface area contributed by atoms with Crippen LogP contribution in [0.1, 0.15) is 26.2 Å². The second kappa shape index (κ2) is 6.63. The van der Waals surface area contributed by atoms with Crippen molar-refractivity contribution in [2.75, 3.05) is 19.8 Å². The van der Waals surface area contributed by atoms with Crippen LogP contribution in [0.5, 0.6) is 0 Å². The van der Waals surface area contributed by atoms with Gasteiger partial charge in [-0.1, -0.05) is 19.8 Å². The third-order valence-corrected chi connectivity index (χ3v) is 2.89. The second-order valence-electron chi connectivity index (χ2n) is 4.42.